The van der Waals surface area contributed by atoms with Gasteiger partial charge in [0.05, 0.1) is 4.99 Å². The second-order valence-corrected chi connectivity index (χ2v) is 5.14. The molecule has 0 aromatic heterocycles. The molecule has 92 valence electrons. The first kappa shape index (κ1) is 13.4. The third kappa shape index (κ3) is 2.92. The summed E-state index contributed by atoms with van der Waals surface area (Å²) in [6.07, 6.45) is 2.28. The summed E-state index contributed by atoms with van der Waals surface area (Å²) in [5, 5.41) is 0. The number of hydrogen-bond donors (Lipinski definition) is 1. The zero-order valence-corrected chi connectivity index (χ0v) is 11.0. The van der Waals surface area contributed by atoms with Gasteiger partial charge in [-0.1, -0.05) is 12.2 Å². The van der Waals surface area contributed by atoms with Crippen molar-refractivity contribution < 1.29 is 9.53 Å². The maximum atomic E-state index is 12.2. The molecule has 0 bridgehead atoms. The van der Waals surface area contributed by atoms with E-state index in [2.05, 4.69) is 0 Å². The Balaban J connectivity index is 2.62. The number of rotatable bonds is 4. The Morgan fingerprint density at radius 1 is 1.69 bits per heavy atom. The number of nitrogens with two attached hydrogens (primary N) is 1. The summed E-state index contributed by atoms with van der Waals surface area (Å²) >= 11 is 4.85. The highest BCUT2D eigenvalue weighted by Crippen LogP contribution is 2.27. The highest BCUT2D eigenvalue weighted by Gasteiger charge is 2.40. The zero-order valence-electron chi connectivity index (χ0n) is 10.2. The number of likely N-dealkylation sites (N-methyl/N-ethyl adjacent to an activating group) is 1. The van der Waals surface area contributed by atoms with Gasteiger partial charge >= 0.3 is 0 Å². The molecular weight excluding hydrogens is 224 g/mol. The molecule has 2 atom stereocenters. The van der Waals surface area contributed by atoms with Crippen LogP contribution in [-0.2, 0) is 9.53 Å². The van der Waals surface area contributed by atoms with Crippen LogP contribution in [0.15, 0.2) is 0 Å². The lowest BCUT2D eigenvalue weighted by Gasteiger charge is -2.32. The molecule has 1 fully saturated rings. The first-order chi connectivity index (χ1) is 7.37. The minimum Gasteiger partial charge on any atom is -0.393 e. The van der Waals surface area contributed by atoms with Crippen molar-refractivity contribution in [1.82, 2.24) is 4.90 Å². The average molecular weight is 244 g/mol. The summed E-state index contributed by atoms with van der Waals surface area (Å²) < 4.78 is 5.52. The number of amides is 1. The van der Waals surface area contributed by atoms with E-state index >= 15 is 0 Å². The molecule has 0 saturated carbocycles. The van der Waals surface area contributed by atoms with E-state index < -0.39 is 5.60 Å². The monoisotopic (exact) mass is 244 g/mol. The Morgan fingerprint density at radius 3 is 2.75 bits per heavy atom. The molecule has 1 amide bonds. The van der Waals surface area contributed by atoms with Crippen LogP contribution in [0.4, 0.5) is 0 Å². The van der Waals surface area contributed by atoms with E-state index in [1.54, 1.807) is 11.9 Å². The van der Waals surface area contributed by atoms with E-state index in [0.29, 0.717) is 18.0 Å². The number of hydrogen-bond acceptors (Lipinski definition) is 3. The van der Waals surface area contributed by atoms with E-state index in [-0.39, 0.29) is 11.9 Å². The fourth-order valence-electron chi connectivity index (χ4n) is 1.95. The van der Waals surface area contributed by atoms with Crippen molar-refractivity contribution in [3.63, 3.8) is 0 Å². The Labute approximate surface area is 102 Å². The molecule has 0 aliphatic carbocycles. The lowest BCUT2D eigenvalue weighted by Crippen LogP contribution is -2.49. The van der Waals surface area contributed by atoms with E-state index in [1.807, 2.05) is 13.8 Å². The fourth-order valence-corrected chi connectivity index (χ4v) is 2.19. The van der Waals surface area contributed by atoms with Crippen LogP contribution in [0.3, 0.4) is 0 Å². The van der Waals surface area contributed by atoms with E-state index in [9.17, 15) is 4.79 Å². The number of ether oxygens (including phenoxy) is 1. The third-order valence-corrected chi connectivity index (χ3v) is 3.32. The second-order valence-electron chi connectivity index (χ2n) is 4.62. The largest absolute Gasteiger partial charge is 0.393 e. The smallest absolute Gasteiger partial charge is 0.254 e. The molecule has 2 N–H and O–H groups in total. The molecule has 4 nitrogen and oxygen atoms in total. The Morgan fingerprint density at radius 2 is 2.31 bits per heavy atom. The van der Waals surface area contributed by atoms with Gasteiger partial charge in [-0.2, -0.15) is 0 Å². The topological polar surface area (TPSA) is 55.6 Å². The minimum atomic E-state index is -0.654. The van der Waals surface area contributed by atoms with Gasteiger partial charge in [-0.15, -0.1) is 0 Å². The minimum absolute atomic E-state index is 0.0195. The van der Waals surface area contributed by atoms with Gasteiger partial charge in [-0.25, -0.2) is 0 Å². The van der Waals surface area contributed by atoms with Crippen LogP contribution >= 0.6 is 12.2 Å². The molecule has 1 heterocycles. The van der Waals surface area contributed by atoms with E-state index in [0.717, 1.165) is 12.8 Å². The first-order valence-electron chi connectivity index (χ1n) is 5.56. The summed E-state index contributed by atoms with van der Waals surface area (Å²) in [6.45, 7) is 4.46. The van der Waals surface area contributed by atoms with Crippen LogP contribution in [0.1, 0.15) is 33.1 Å². The van der Waals surface area contributed by atoms with Crippen LogP contribution in [0.2, 0.25) is 0 Å². The van der Waals surface area contributed by atoms with Gasteiger partial charge in [0.15, 0.2) is 0 Å². The van der Waals surface area contributed by atoms with Gasteiger partial charge in [0.2, 0.25) is 0 Å². The number of nitrogens with zero attached hydrogens (tertiary/aromatic N) is 1. The lowest BCUT2D eigenvalue weighted by atomic mass is 10.00. The predicted molar refractivity (Wildman–Crippen MR) is 67.2 cm³/mol. The maximum absolute atomic E-state index is 12.2. The van der Waals surface area contributed by atoms with Crippen LogP contribution in [0.5, 0.6) is 0 Å². The van der Waals surface area contributed by atoms with E-state index in [1.165, 1.54) is 0 Å². The molecule has 0 aromatic carbocycles. The molecule has 1 saturated heterocycles. The first-order valence-corrected chi connectivity index (χ1v) is 5.97. The standard InChI is InChI=1S/C11H20N2O2S/c1-8(7-9(12)16)13(3)10(14)11(2)5-4-6-15-11/h8H,4-7H2,1-3H3,(H2,12,16). The molecular formula is C11H20N2O2S. The van der Waals surface area contributed by atoms with Crippen molar-refractivity contribution in [2.75, 3.05) is 13.7 Å². The van der Waals surface area contributed by atoms with Gasteiger partial charge in [0.25, 0.3) is 5.91 Å². The molecule has 2 unspecified atom stereocenters. The van der Waals surface area contributed by atoms with Crippen LogP contribution in [0, 0.1) is 0 Å². The predicted octanol–water partition coefficient (Wildman–Crippen LogP) is 1.08. The van der Waals surface area contributed by atoms with Gasteiger partial charge in [-0.05, 0) is 26.7 Å². The molecule has 5 heteroatoms. The second kappa shape index (κ2) is 5.10. The molecule has 0 radical (unpaired) electrons. The fraction of sp³-hybridized carbons (Fsp3) is 0.818. The molecule has 1 aliphatic heterocycles. The Bertz CT molecular complexity index is 288. The van der Waals surface area contributed by atoms with Gasteiger partial charge in [0, 0.05) is 26.1 Å². The van der Waals surface area contributed by atoms with Crippen LogP contribution in [0.25, 0.3) is 0 Å². The van der Waals surface area contributed by atoms with Crippen LogP contribution in [-0.4, -0.2) is 41.1 Å². The molecule has 16 heavy (non-hydrogen) atoms. The number of carbonyl (C=O) groups excluding carboxylic acids is 1. The highest BCUT2D eigenvalue weighted by atomic mass is 32.1. The Hall–Kier alpha value is -0.680. The van der Waals surface area contributed by atoms with E-state index in [4.69, 9.17) is 22.7 Å². The summed E-state index contributed by atoms with van der Waals surface area (Å²) in [5.41, 5.74) is 4.83. The quantitative estimate of drug-likeness (QED) is 0.752. The van der Waals surface area contributed by atoms with Crippen molar-refractivity contribution in [2.24, 2.45) is 5.73 Å². The Kier molecular flexibility index (Phi) is 4.27. The molecule has 0 aromatic rings. The van der Waals surface area contributed by atoms with Crippen LogP contribution < -0.4 is 5.73 Å². The van der Waals surface area contributed by atoms with Crippen molar-refractivity contribution in [3.8, 4) is 0 Å². The molecule has 0 spiro atoms. The summed E-state index contributed by atoms with van der Waals surface area (Å²) in [5.74, 6) is 0.0220. The number of thiocarbonyl (C=S) groups is 1. The van der Waals surface area contributed by atoms with Crippen molar-refractivity contribution in [3.05, 3.63) is 0 Å². The average Bonchev–Trinajstić information content (AvgIpc) is 2.63. The van der Waals surface area contributed by atoms with Crippen molar-refractivity contribution >= 4 is 23.1 Å². The normalized spacial score (nSPS) is 26.4. The lowest BCUT2D eigenvalue weighted by molar-refractivity contribution is -0.151. The van der Waals surface area contributed by atoms with Gasteiger partial charge in [0.1, 0.15) is 5.60 Å². The van der Waals surface area contributed by atoms with Crippen molar-refractivity contribution in [1.29, 1.82) is 0 Å². The zero-order chi connectivity index (χ0) is 12.3. The van der Waals surface area contributed by atoms with Gasteiger partial charge < -0.3 is 15.4 Å². The summed E-state index contributed by atoms with van der Waals surface area (Å²) in [4.78, 5) is 14.3. The molecule has 1 aliphatic rings. The molecule has 1 rings (SSSR count). The van der Waals surface area contributed by atoms with Gasteiger partial charge in [-0.3, -0.25) is 4.79 Å². The number of carbonyl (C=O) groups is 1. The summed E-state index contributed by atoms with van der Waals surface area (Å²) in [6, 6.07) is 0.0195. The summed E-state index contributed by atoms with van der Waals surface area (Å²) in [7, 11) is 1.78. The SMILES string of the molecule is CC(CC(N)=S)N(C)C(=O)C1(C)CCCO1. The third-order valence-electron chi connectivity index (χ3n) is 3.15. The van der Waals surface area contributed by atoms with Crippen molar-refractivity contribution in [2.45, 2.75) is 44.8 Å². The maximum Gasteiger partial charge on any atom is 0.254 e. The highest BCUT2D eigenvalue weighted by molar-refractivity contribution is 7.80.